The third-order valence-corrected chi connectivity index (χ3v) is 4.77. The van der Waals surface area contributed by atoms with E-state index in [0.29, 0.717) is 5.13 Å². The summed E-state index contributed by atoms with van der Waals surface area (Å²) in [5.41, 5.74) is 5.15. The number of anilines is 1. The first-order chi connectivity index (χ1) is 12.5. The SMILES string of the molecule is Cc1ccc(-n2c(C)cc(C=C(C#N)C(=O)Nc3nccs3)c2C)cc1. The molecule has 0 radical (unpaired) electrons. The van der Waals surface area contributed by atoms with E-state index in [1.807, 2.05) is 32.9 Å². The maximum absolute atomic E-state index is 12.3. The summed E-state index contributed by atoms with van der Waals surface area (Å²) in [7, 11) is 0. The molecule has 0 aliphatic carbocycles. The monoisotopic (exact) mass is 362 g/mol. The zero-order valence-electron chi connectivity index (χ0n) is 14.8. The van der Waals surface area contributed by atoms with Crippen LogP contribution in [-0.2, 0) is 4.79 Å². The van der Waals surface area contributed by atoms with Gasteiger partial charge in [-0.25, -0.2) is 4.98 Å². The van der Waals surface area contributed by atoms with Gasteiger partial charge >= 0.3 is 0 Å². The summed E-state index contributed by atoms with van der Waals surface area (Å²) >= 11 is 1.31. The average molecular weight is 362 g/mol. The summed E-state index contributed by atoms with van der Waals surface area (Å²) in [4.78, 5) is 16.3. The molecule has 0 unspecified atom stereocenters. The van der Waals surface area contributed by atoms with E-state index in [4.69, 9.17) is 0 Å². The molecular formula is C20H18N4OS. The molecule has 3 aromatic rings. The maximum atomic E-state index is 12.3. The molecule has 2 aromatic heterocycles. The van der Waals surface area contributed by atoms with Crippen molar-refractivity contribution in [1.29, 1.82) is 5.26 Å². The van der Waals surface area contributed by atoms with Crippen LogP contribution in [0.2, 0.25) is 0 Å². The van der Waals surface area contributed by atoms with Crippen molar-refractivity contribution in [2.24, 2.45) is 0 Å². The van der Waals surface area contributed by atoms with Crippen molar-refractivity contribution in [3.8, 4) is 11.8 Å². The number of hydrogen-bond acceptors (Lipinski definition) is 4. The summed E-state index contributed by atoms with van der Waals surface area (Å²) in [5.74, 6) is -0.456. The van der Waals surface area contributed by atoms with Crippen LogP contribution in [0.3, 0.4) is 0 Å². The number of amides is 1. The summed E-state index contributed by atoms with van der Waals surface area (Å²) in [6.07, 6.45) is 3.22. The van der Waals surface area contributed by atoms with E-state index in [1.165, 1.54) is 16.9 Å². The number of nitrogens with zero attached hydrogens (tertiary/aromatic N) is 3. The van der Waals surface area contributed by atoms with E-state index >= 15 is 0 Å². The highest BCUT2D eigenvalue weighted by Crippen LogP contribution is 2.23. The molecule has 2 heterocycles. The van der Waals surface area contributed by atoms with Gasteiger partial charge in [-0.05, 0) is 50.6 Å². The second-order valence-electron chi connectivity index (χ2n) is 5.96. The predicted molar refractivity (Wildman–Crippen MR) is 104 cm³/mol. The first-order valence-corrected chi connectivity index (χ1v) is 8.96. The molecule has 5 nitrogen and oxygen atoms in total. The fraction of sp³-hybridized carbons (Fsp3) is 0.150. The fourth-order valence-electron chi connectivity index (χ4n) is 2.78. The lowest BCUT2D eigenvalue weighted by Crippen LogP contribution is -2.13. The van der Waals surface area contributed by atoms with Crippen molar-refractivity contribution >= 4 is 28.5 Å². The normalized spacial score (nSPS) is 11.2. The number of carbonyl (C=O) groups is 1. The van der Waals surface area contributed by atoms with Gasteiger partial charge in [0.05, 0.1) is 0 Å². The van der Waals surface area contributed by atoms with Crippen molar-refractivity contribution in [2.45, 2.75) is 20.8 Å². The summed E-state index contributed by atoms with van der Waals surface area (Å²) < 4.78 is 2.11. The lowest BCUT2D eigenvalue weighted by molar-refractivity contribution is -0.112. The lowest BCUT2D eigenvalue weighted by atomic mass is 10.1. The Morgan fingerprint density at radius 2 is 2.00 bits per heavy atom. The molecule has 0 fully saturated rings. The van der Waals surface area contributed by atoms with Gasteiger partial charge in [-0.15, -0.1) is 11.3 Å². The Morgan fingerprint density at radius 1 is 1.27 bits per heavy atom. The number of benzene rings is 1. The highest BCUT2D eigenvalue weighted by molar-refractivity contribution is 7.13. The Bertz CT molecular complexity index is 1010. The van der Waals surface area contributed by atoms with E-state index in [2.05, 4.69) is 39.1 Å². The zero-order valence-corrected chi connectivity index (χ0v) is 15.6. The molecule has 26 heavy (non-hydrogen) atoms. The predicted octanol–water partition coefficient (Wildman–Crippen LogP) is 4.40. The Morgan fingerprint density at radius 3 is 2.62 bits per heavy atom. The molecule has 0 bridgehead atoms. The first-order valence-electron chi connectivity index (χ1n) is 8.08. The second kappa shape index (κ2) is 7.38. The molecule has 0 aliphatic rings. The lowest BCUT2D eigenvalue weighted by Gasteiger charge is -2.10. The van der Waals surface area contributed by atoms with Gasteiger partial charge in [0, 0.05) is 28.7 Å². The van der Waals surface area contributed by atoms with Gasteiger partial charge < -0.3 is 4.57 Å². The Kier molecular flexibility index (Phi) is 5.01. The van der Waals surface area contributed by atoms with Crippen molar-refractivity contribution in [3.05, 3.63) is 70.0 Å². The second-order valence-corrected chi connectivity index (χ2v) is 6.85. The van der Waals surface area contributed by atoms with E-state index in [-0.39, 0.29) is 5.57 Å². The topological polar surface area (TPSA) is 70.7 Å². The molecule has 1 amide bonds. The fourth-order valence-corrected chi connectivity index (χ4v) is 3.30. The highest BCUT2D eigenvalue weighted by Gasteiger charge is 2.14. The van der Waals surface area contributed by atoms with Gasteiger partial charge in [0.1, 0.15) is 11.6 Å². The number of nitrogens with one attached hydrogen (secondary N) is 1. The summed E-state index contributed by atoms with van der Waals surface area (Å²) in [6, 6.07) is 12.2. The standard InChI is InChI=1S/C20H18N4OS/c1-13-4-6-18(7-5-13)24-14(2)10-16(15(24)3)11-17(12-21)19(25)23-20-22-8-9-26-20/h4-11H,1-3H3,(H,22,23,25). The van der Waals surface area contributed by atoms with Crippen molar-refractivity contribution < 1.29 is 4.79 Å². The molecule has 1 N–H and O–H groups in total. The summed E-state index contributed by atoms with van der Waals surface area (Å²) in [6.45, 7) is 6.03. The zero-order chi connectivity index (χ0) is 18.7. The quantitative estimate of drug-likeness (QED) is 0.552. The van der Waals surface area contributed by atoms with Gasteiger partial charge in [-0.2, -0.15) is 5.26 Å². The third-order valence-electron chi connectivity index (χ3n) is 4.08. The highest BCUT2D eigenvalue weighted by atomic mass is 32.1. The van der Waals surface area contributed by atoms with Gasteiger partial charge in [0.2, 0.25) is 0 Å². The molecule has 0 aliphatic heterocycles. The van der Waals surface area contributed by atoms with Crippen LogP contribution in [0.1, 0.15) is 22.5 Å². The molecule has 6 heteroatoms. The van der Waals surface area contributed by atoms with Crippen LogP contribution in [0.5, 0.6) is 0 Å². The van der Waals surface area contributed by atoms with Gasteiger partial charge in [-0.3, -0.25) is 10.1 Å². The van der Waals surface area contributed by atoms with Crippen LogP contribution >= 0.6 is 11.3 Å². The minimum atomic E-state index is -0.456. The number of thiazole rings is 1. The van der Waals surface area contributed by atoms with Gasteiger partial charge in [-0.1, -0.05) is 17.7 Å². The molecule has 0 atom stereocenters. The largest absolute Gasteiger partial charge is 0.318 e. The average Bonchev–Trinajstić information content (AvgIpc) is 3.22. The minimum Gasteiger partial charge on any atom is -0.318 e. The van der Waals surface area contributed by atoms with E-state index in [1.54, 1.807) is 17.7 Å². The van der Waals surface area contributed by atoms with Crippen LogP contribution in [0.25, 0.3) is 11.8 Å². The van der Waals surface area contributed by atoms with Crippen LogP contribution in [0.4, 0.5) is 5.13 Å². The van der Waals surface area contributed by atoms with Crippen molar-refractivity contribution in [2.75, 3.05) is 5.32 Å². The Balaban J connectivity index is 1.94. The molecule has 0 saturated heterocycles. The van der Waals surface area contributed by atoms with Crippen LogP contribution in [0, 0.1) is 32.1 Å². The molecule has 1 aromatic carbocycles. The molecule has 130 valence electrons. The van der Waals surface area contributed by atoms with Crippen molar-refractivity contribution in [3.63, 3.8) is 0 Å². The van der Waals surface area contributed by atoms with E-state index in [0.717, 1.165) is 22.6 Å². The number of nitriles is 1. The van der Waals surface area contributed by atoms with E-state index < -0.39 is 5.91 Å². The Labute approximate surface area is 156 Å². The number of aryl methyl sites for hydroxylation is 2. The van der Waals surface area contributed by atoms with Crippen molar-refractivity contribution in [1.82, 2.24) is 9.55 Å². The van der Waals surface area contributed by atoms with Gasteiger partial charge in [0.15, 0.2) is 5.13 Å². The first kappa shape index (κ1) is 17.6. The van der Waals surface area contributed by atoms with Crippen LogP contribution in [0.15, 0.2) is 47.5 Å². The number of aromatic nitrogens is 2. The number of hydrogen-bond donors (Lipinski definition) is 1. The van der Waals surface area contributed by atoms with E-state index in [9.17, 15) is 10.1 Å². The molecule has 0 spiro atoms. The Hall–Kier alpha value is -3.17. The smallest absolute Gasteiger partial charge is 0.268 e. The van der Waals surface area contributed by atoms with Crippen LogP contribution in [-0.4, -0.2) is 15.5 Å². The third kappa shape index (κ3) is 3.58. The number of rotatable bonds is 4. The molecule has 0 saturated carbocycles. The van der Waals surface area contributed by atoms with Gasteiger partial charge in [0.25, 0.3) is 5.91 Å². The number of carbonyl (C=O) groups excluding carboxylic acids is 1. The van der Waals surface area contributed by atoms with Crippen LogP contribution < -0.4 is 5.32 Å². The maximum Gasteiger partial charge on any atom is 0.268 e. The molecule has 3 rings (SSSR count). The minimum absolute atomic E-state index is 0.0457. The molecular weight excluding hydrogens is 344 g/mol. The summed E-state index contributed by atoms with van der Waals surface area (Å²) in [5, 5.41) is 14.3.